The Balaban J connectivity index is 1.21. The number of aromatic nitrogens is 2. The number of nitrogens with zero attached hydrogens (tertiary/aromatic N) is 3. The van der Waals surface area contributed by atoms with Crippen LogP contribution in [0.1, 0.15) is 10.4 Å². The van der Waals surface area contributed by atoms with Crippen molar-refractivity contribution in [2.45, 2.75) is 0 Å². The van der Waals surface area contributed by atoms with Gasteiger partial charge >= 0.3 is 0 Å². The largest absolute Gasteiger partial charge is 0.378 e. The highest BCUT2D eigenvalue weighted by Gasteiger charge is 2.12. The number of carbonyl (C=O) groups is 1. The molecule has 4 aromatic rings. The van der Waals surface area contributed by atoms with Crippen LogP contribution in [0.25, 0.3) is 11.4 Å². The Bertz CT molecular complexity index is 1290. The molecule has 8 heteroatoms. The Morgan fingerprint density at radius 2 is 1.54 bits per heavy atom. The first-order valence-corrected chi connectivity index (χ1v) is 11.3. The van der Waals surface area contributed by atoms with Crippen molar-refractivity contribution in [1.29, 1.82) is 0 Å². The van der Waals surface area contributed by atoms with Crippen LogP contribution in [-0.4, -0.2) is 42.2 Å². The zero-order chi connectivity index (χ0) is 24.0. The SMILES string of the molecule is O=C(Nc1ccc(N2CCOCC2)cc1)c1ccc(Nc2ccnc(-c3ccc(F)cc3)n2)cc1. The van der Waals surface area contributed by atoms with Gasteiger partial charge in [-0.05, 0) is 78.9 Å². The molecular weight excluding hydrogens is 445 g/mol. The van der Waals surface area contributed by atoms with E-state index in [2.05, 4.69) is 25.5 Å². The summed E-state index contributed by atoms with van der Waals surface area (Å²) in [6.45, 7) is 3.20. The highest BCUT2D eigenvalue weighted by atomic mass is 19.1. The molecule has 1 amide bonds. The number of benzene rings is 3. The zero-order valence-electron chi connectivity index (χ0n) is 18.9. The molecule has 2 N–H and O–H groups in total. The van der Waals surface area contributed by atoms with Crippen molar-refractivity contribution in [3.63, 3.8) is 0 Å². The minimum Gasteiger partial charge on any atom is -0.378 e. The Morgan fingerprint density at radius 3 is 2.26 bits per heavy atom. The molecule has 1 saturated heterocycles. The topological polar surface area (TPSA) is 79.4 Å². The van der Waals surface area contributed by atoms with Gasteiger partial charge < -0.3 is 20.3 Å². The van der Waals surface area contributed by atoms with E-state index in [0.717, 1.165) is 48.9 Å². The van der Waals surface area contributed by atoms with Crippen LogP contribution in [0.2, 0.25) is 0 Å². The van der Waals surface area contributed by atoms with Crippen molar-refractivity contribution in [1.82, 2.24) is 9.97 Å². The highest BCUT2D eigenvalue weighted by Crippen LogP contribution is 2.22. The second-order valence-corrected chi connectivity index (χ2v) is 8.08. The summed E-state index contributed by atoms with van der Waals surface area (Å²) in [6.07, 6.45) is 1.64. The summed E-state index contributed by atoms with van der Waals surface area (Å²) in [6, 6.07) is 22.7. The standard InChI is InChI=1S/C27H24FN5O2/c28-21-5-1-19(2-6-21)26-29-14-13-25(32-26)30-22-7-3-20(4-8-22)27(34)31-23-9-11-24(12-10-23)33-15-17-35-18-16-33/h1-14H,15-18H2,(H,31,34)(H,29,30,32). The average Bonchev–Trinajstić information content (AvgIpc) is 2.91. The number of carbonyl (C=O) groups excluding carboxylic acids is 1. The van der Waals surface area contributed by atoms with Gasteiger partial charge in [0, 0.05) is 47.5 Å². The molecule has 0 atom stereocenters. The first-order valence-electron chi connectivity index (χ1n) is 11.3. The highest BCUT2D eigenvalue weighted by molar-refractivity contribution is 6.04. The van der Waals surface area contributed by atoms with Gasteiger partial charge in [0.2, 0.25) is 0 Å². The van der Waals surface area contributed by atoms with Crippen LogP contribution in [-0.2, 0) is 4.74 Å². The van der Waals surface area contributed by atoms with Gasteiger partial charge in [-0.2, -0.15) is 0 Å². The third kappa shape index (κ3) is 5.62. The Kier molecular flexibility index (Phi) is 6.63. The minimum absolute atomic E-state index is 0.184. The fourth-order valence-electron chi connectivity index (χ4n) is 3.80. The lowest BCUT2D eigenvalue weighted by atomic mass is 10.2. The Hall–Kier alpha value is -4.30. The molecule has 0 aliphatic carbocycles. The Morgan fingerprint density at radius 1 is 0.857 bits per heavy atom. The fourth-order valence-corrected chi connectivity index (χ4v) is 3.80. The van der Waals surface area contributed by atoms with Crippen LogP contribution in [0.15, 0.2) is 85.1 Å². The summed E-state index contributed by atoms with van der Waals surface area (Å²) in [4.78, 5) is 23.7. The molecule has 0 unspecified atom stereocenters. The maximum atomic E-state index is 13.2. The zero-order valence-corrected chi connectivity index (χ0v) is 18.9. The maximum absolute atomic E-state index is 13.2. The molecule has 1 aliphatic heterocycles. The molecule has 0 radical (unpaired) electrons. The van der Waals surface area contributed by atoms with E-state index in [9.17, 15) is 9.18 Å². The van der Waals surface area contributed by atoms with Crippen LogP contribution in [0.5, 0.6) is 0 Å². The quantitative estimate of drug-likeness (QED) is 0.408. The number of ether oxygens (including phenoxy) is 1. The van der Waals surface area contributed by atoms with Crippen molar-refractivity contribution in [3.05, 3.63) is 96.4 Å². The number of hydrogen-bond acceptors (Lipinski definition) is 6. The van der Waals surface area contributed by atoms with Crippen LogP contribution >= 0.6 is 0 Å². The van der Waals surface area contributed by atoms with Crippen molar-refractivity contribution in [2.24, 2.45) is 0 Å². The van der Waals surface area contributed by atoms with E-state index in [0.29, 0.717) is 17.2 Å². The van der Waals surface area contributed by atoms with Crippen LogP contribution in [0, 0.1) is 5.82 Å². The molecule has 176 valence electrons. The predicted octanol–water partition coefficient (Wildman–Crippen LogP) is 5.12. The van der Waals surface area contributed by atoms with Crippen LogP contribution in [0.4, 0.5) is 27.3 Å². The van der Waals surface area contributed by atoms with Crippen LogP contribution < -0.4 is 15.5 Å². The maximum Gasteiger partial charge on any atom is 0.255 e. The number of morpholine rings is 1. The average molecular weight is 470 g/mol. The number of nitrogens with one attached hydrogen (secondary N) is 2. The summed E-state index contributed by atoms with van der Waals surface area (Å²) < 4.78 is 18.6. The van der Waals surface area contributed by atoms with E-state index in [-0.39, 0.29) is 11.7 Å². The van der Waals surface area contributed by atoms with Gasteiger partial charge in [-0.3, -0.25) is 4.79 Å². The van der Waals surface area contributed by atoms with Crippen molar-refractivity contribution in [3.8, 4) is 11.4 Å². The molecule has 35 heavy (non-hydrogen) atoms. The minimum atomic E-state index is -0.308. The lowest BCUT2D eigenvalue weighted by Gasteiger charge is -2.28. The van der Waals surface area contributed by atoms with Crippen LogP contribution in [0.3, 0.4) is 0 Å². The molecule has 5 rings (SSSR count). The van der Waals surface area contributed by atoms with Gasteiger partial charge in [0.1, 0.15) is 11.6 Å². The molecule has 1 aliphatic rings. The number of halogens is 1. The number of rotatable bonds is 6. The molecule has 2 heterocycles. The van der Waals surface area contributed by atoms with Gasteiger partial charge in [-0.1, -0.05) is 0 Å². The molecule has 0 saturated carbocycles. The molecular formula is C27H24FN5O2. The lowest BCUT2D eigenvalue weighted by Crippen LogP contribution is -2.36. The summed E-state index contributed by atoms with van der Waals surface area (Å²) in [5.74, 6) is 0.594. The molecule has 0 bridgehead atoms. The molecule has 7 nitrogen and oxygen atoms in total. The van der Waals surface area contributed by atoms with E-state index in [4.69, 9.17) is 4.74 Å². The number of anilines is 4. The van der Waals surface area contributed by atoms with Crippen molar-refractivity contribution in [2.75, 3.05) is 41.8 Å². The van der Waals surface area contributed by atoms with Gasteiger partial charge in [0.25, 0.3) is 5.91 Å². The van der Waals surface area contributed by atoms with E-state index >= 15 is 0 Å². The molecule has 1 aromatic heterocycles. The summed E-state index contributed by atoms with van der Waals surface area (Å²) in [5, 5.41) is 6.15. The first-order chi connectivity index (χ1) is 17.1. The monoisotopic (exact) mass is 469 g/mol. The smallest absolute Gasteiger partial charge is 0.255 e. The predicted molar refractivity (Wildman–Crippen MR) is 135 cm³/mol. The van der Waals surface area contributed by atoms with Gasteiger partial charge in [0.05, 0.1) is 13.2 Å². The van der Waals surface area contributed by atoms with E-state index in [1.165, 1.54) is 12.1 Å². The van der Waals surface area contributed by atoms with Gasteiger partial charge in [0.15, 0.2) is 5.82 Å². The molecule has 0 spiro atoms. The number of amides is 1. The first kappa shape index (κ1) is 22.5. The van der Waals surface area contributed by atoms with Crippen molar-refractivity contribution < 1.29 is 13.9 Å². The van der Waals surface area contributed by atoms with E-state index in [1.807, 2.05) is 36.4 Å². The fraction of sp³-hybridized carbons (Fsp3) is 0.148. The second-order valence-electron chi connectivity index (χ2n) is 8.08. The van der Waals surface area contributed by atoms with Gasteiger partial charge in [-0.25, -0.2) is 14.4 Å². The van der Waals surface area contributed by atoms with E-state index in [1.54, 1.807) is 36.5 Å². The second kappa shape index (κ2) is 10.3. The van der Waals surface area contributed by atoms with Gasteiger partial charge in [-0.15, -0.1) is 0 Å². The third-order valence-electron chi connectivity index (χ3n) is 5.68. The summed E-state index contributed by atoms with van der Waals surface area (Å²) in [5.41, 5.74) is 3.90. The lowest BCUT2D eigenvalue weighted by molar-refractivity contribution is 0.102. The molecule has 3 aromatic carbocycles. The normalized spacial score (nSPS) is 13.3. The Labute approximate surface area is 202 Å². The molecule has 1 fully saturated rings. The number of hydrogen-bond donors (Lipinski definition) is 2. The summed E-state index contributed by atoms with van der Waals surface area (Å²) >= 11 is 0. The van der Waals surface area contributed by atoms with Crippen molar-refractivity contribution >= 4 is 28.8 Å². The van der Waals surface area contributed by atoms with E-state index < -0.39 is 0 Å². The summed E-state index contributed by atoms with van der Waals surface area (Å²) in [7, 11) is 0. The third-order valence-corrected chi connectivity index (χ3v) is 5.68.